The summed E-state index contributed by atoms with van der Waals surface area (Å²) in [6, 6.07) is 14.9. The fourth-order valence-electron chi connectivity index (χ4n) is 3.84. The van der Waals surface area contributed by atoms with Crippen LogP contribution in [0.1, 0.15) is 41.9 Å². The number of pyridine rings is 1. The van der Waals surface area contributed by atoms with Crippen LogP contribution in [0, 0.1) is 0 Å². The fourth-order valence-corrected chi connectivity index (χ4v) is 3.84. The normalized spacial score (nSPS) is 16.1. The second-order valence-electron chi connectivity index (χ2n) is 7.22. The summed E-state index contributed by atoms with van der Waals surface area (Å²) in [4.78, 5) is 23.7. The first kappa shape index (κ1) is 18.4. The number of aromatic nitrogens is 3. The summed E-state index contributed by atoms with van der Waals surface area (Å²) in [5.74, 6) is 1.42. The van der Waals surface area contributed by atoms with Gasteiger partial charge in [-0.25, -0.2) is 4.98 Å². The molecule has 3 aromatic rings. The van der Waals surface area contributed by atoms with Gasteiger partial charge in [-0.05, 0) is 30.5 Å². The van der Waals surface area contributed by atoms with Gasteiger partial charge in [-0.3, -0.25) is 9.78 Å². The van der Waals surface area contributed by atoms with Gasteiger partial charge < -0.3 is 15.2 Å². The zero-order valence-corrected chi connectivity index (χ0v) is 15.8. The molecule has 28 heavy (non-hydrogen) atoms. The Bertz CT molecular complexity index is 901. The average molecular weight is 375 g/mol. The lowest BCUT2D eigenvalue weighted by molar-refractivity contribution is -0.133. The zero-order chi connectivity index (χ0) is 19.3. The summed E-state index contributed by atoms with van der Waals surface area (Å²) in [7, 11) is 0. The molecule has 6 nitrogen and oxygen atoms in total. The first-order valence-electron chi connectivity index (χ1n) is 9.72. The molecule has 1 aliphatic heterocycles. The molecule has 1 atom stereocenters. The molecule has 1 saturated heterocycles. The van der Waals surface area contributed by atoms with Gasteiger partial charge in [0.05, 0.1) is 12.2 Å². The standard InChI is InChI=1S/C22H25N5O/c23-20(17-6-2-1-3-7-17)22(28)26-13-9-18(10-14-26)21-25-12-15-27(21)16-19-8-4-5-11-24-19/h1-8,11-12,15,18,20H,9-10,13-14,16,23H2/t20-/m1/s1. The first-order chi connectivity index (χ1) is 13.7. The maximum absolute atomic E-state index is 12.8. The van der Waals surface area contributed by atoms with E-state index in [0.29, 0.717) is 25.6 Å². The third-order valence-corrected chi connectivity index (χ3v) is 5.40. The fraction of sp³-hybridized carbons (Fsp3) is 0.318. The van der Waals surface area contributed by atoms with Gasteiger partial charge in [-0.2, -0.15) is 0 Å². The Morgan fingerprint density at radius 3 is 2.50 bits per heavy atom. The number of nitrogens with two attached hydrogens (primary N) is 1. The van der Waals surface area contributed by atoms with E-state index in [0.717, 1.165) is 29.9 Å². The number of carbonyl (C=O) groups is 1. The molecule has 1 aliphatic rings. The van der Waals surface area contributed by atoms with E-state index in [1.165, 1.54) is 0 Å². The summed E-state index contributed by atoms with van der Waals surface area (Å²) in [6.45, 7) is 2.13. The first-order valence-corrected chi connectivity index (χ1v) is 9.72. The predicted octanol–water partition coefficient (Wildman–Crippen LogP) is 2.73. The molecule has 4 rings (SSSR count). The quantitative estimate of drug-likeness (QED) is 0.744. The van der Waals surface area contributed by atoms with E-state index in [2.05, 4.69) is 14.5 Å². The number of hydrogen-bond acceptors (Lipinski definition) is 4. The molecule has 144 valence electrons. The summed E-state index contributed by atoms with van der Waals surface area (Å²) in [6.07, 6.45) is 7.46. The highest BCUT2D eigenvalue weighted by Gasteiger charge is 2.29. The smallest absolute Gasteiger partial charge is 0.244 e. The van der Waals surface area contributed by atoms with Crippen LogP contribution < -0.4 is 5.73 Å². The van der Waals surface area contributed by atoms with Crippen LogP contribution in [0.15, 0.2) is 67.1 Å². The molecule has 1 amide bonds. The third kappa shape index (κ3) is 3.97. The molecule has 0 spiro atoms. The number of carbonyl (C=O) groups excluding carboxylic acids is 1. The van der Waals surface area contributed by atoms with Crippen molar-refractivity contribution in [3.8, 4) is 0 Å². The Morgan fingerprint density at radius 1 is 1.04 bits per heavy atom. The molecular formula is C22H25N5O. The van der Waals surface area contributed by atoms with Crippen LogP contribution in [0.5, 0.6) is 0 Å². The Morgan fingerprint density at radius 2 is 1.79 bits per heavy atom. The maximum atomic E-state index is 12.8. The minimum Gasteiger partial charge on any atom is -0.341 e. The minimum atomic E-state index is -0.594. The van der Waals surface area contributed by atoms with Crippen molar-refractivity contribution in [2.24, 2.45) is 5.73 Å². The van der Waals surface area contributed by atoms with E-state index in [9.17, 15) is 4.79 Å². The average Bonchev–Trinajstić information content (AvgIpc) is 3.22. The van der Waals surface area contributed by atoms with Crippen molar-refractivity contribution < 1.29 is 4.79 Å². The highest BCUT2D eigenvalue weighted by molar-refractivity contribution is 5.83. The number of rotatable bonds is 5. The lowest BCUT2D eigenvalue weighted by Crippen LogP contribution is -2.43. The number of nitrogens with zero attached hydrogens (tertiary/aromatic N) is 4. The predicted molar refractivity (Wildman–Crippen MR) is 107 cm³/mol. The van der Waals surface area contributed by atoms with Crippen LogP contribution in [0.2, 0.25) is 0 Å². The van der Waals surface area contributed by atoms with Crippen LogP contribution in [0.3, 0.4) is 0 Å². The number of benzene rings is 1. The molecule has 0 bridgehead atoms. The van der Waals surface area contributed by atoms with Gasteiger partial charge in [0.15, 0.2) is 0 Å². The molecule has 6 heteroatoms. The van der Waals surface area contributed by atoms with Crippen molar-refractivity contribution in [1.82, 2.24) is 19.4 Å². The second-order valence-corrected chi connectivity index (χ2v) is 7.22. The van der Waals surface area contributed by atoms with Crippen LogP contribution >= 0.6 is 0 Å². The molecule has 0 saturated carbocycles. The third-order valence-electron chi connectivity index (χ3n) is 5.40. The van der Waals surface area contributed by atoms with E-state index in [1.54, 1.807) is 0 Å². The molecule has 3 heterocycles. The van der Waals surface area contributed by atoms with Gasteiger partial charge in [0.1, 0.15) is 11.9 Å². The molecule has 1 aromatic carbocycles. The SMILES string of the molecule is N[C@@H](C(=O)N1CCC(c2nccn2Cc2ccccn2)CC1)c1ccccc1. The molecule has 2 N–H and O–H groups in total. The highest BCUT2D eigenvalue weighted by atomic mass is 16.2. The van der Waals surface area contributed by atoms with Gasteiger partial charge >= 0.3 is 0 Å². The van der Waals surface area contributed by atoms with Crippen molar-refractivity contribution >= 4 is 5.91 Å². The Labute approximate surface area is 165 Å². The van der Waals surface area contributed by atoms with E-state index in [1.807, 2.05) is 72.0 Å². The van der Waals surface area contributed by atoms with Crippen LogP contribution in [-0.2, 0) is 11.3 Å². The largest absolute Gasteiger partial charge is 0.341 e. The van der Waals surface area contributed by atoms with Crippen molar-refractivity contribution in [2.75, 3.05) is 13.1 Å². The molecule has 0 radical (unpaired) electrons. The Kier molecular flexibility index (Phi) is 5.48. The van der Waals surface area contributed by atoms with Gasteiger partial charge in [0.25, 0.3) is 0 Å². The van der Waals surface area contributed by atoms with Gasteiger partial charge in [0.2, 0.25) is 5.91 Å². The summed E-state index contributed by atoms with van der Waals surface area (Å²) < 4.78 is 2.17. The monoisotopic (exact) mass is 375 g/mol. The van der Waals surface area contributed by atoms with Gasteiger partial charge in [-0.1, -0.05) is 36.4 Å². The second kappa shape index (κ2) is 8.35. The van der Waals surface area contributed by atoms with Crippen molar-refractivity contribution in [1.29, 1.82) is 0 Å². The lowest BCUT2D eigenvalue weighted by atomic mass is 9.95. The van der Waals surface area contributed by atoms with Crippen LogP contribution in [0.25, 0.3) is 0 Å². The van der Waals surface area contributed by atoms with Crippen LogP contribution in [-0.4, -0.2) is 38.4 Å². The molecule has 1 fully saturated rings. The van der Waals surface area contributed by atoms with E-state index < -0.39 is 6.04 Å². The lowest BCUT2D eigenvalue weighted by Gasteiger charge is -2.33. The van der Waals surface area contributed by atoms with E-state index in [4.69, 9.17) is 5.73 Å². The zero-order valence-electron chi connectivity index (χ0n) is 15.8. The molecule has 0 aliphatic carbocycles. The van der Waals surface area contributed by atoms with Crippen molar-refractivity contribution in [3.05, 3.63) is 84.2 Å². The highest BCUT2D eigenvalue weighted by Crippen LogP contribution is 2.28. The minimum absolute atomic E-state index is 0.00137. The number of piperidine rings is 1. The number of amides is 1. The van der Waals surface area contributed by atoms with Crippen LogP contribution in [0.4, 0.5) is 0 Å². The van der Waals surface area contributed by atoms with Crippen molar-refractivity contribution in [3.63, 3.8) is 0 Å². The topological polar surface area (TPSA) is 77.0 Å². The summed E-state index contributed by atoms with van der Waals surface area (Å²) in [5, 5.41) is 0. The van der Waals surface area contributed by atoms with Gasteiger partial charge in [-0.15, -0.1) is 0 Å². The number of hydrogen-bond donors (Lipinski definition) is 1. The summed E-state index contributed by atoms with van der Waals surface area (Å²) in [5.41, 5.74) is 8.07. The van der Waals surface area contributed by atoms with E-state index in [-0.39, 0.29) is 5.91 Å². The Balaban J connectivity index is 1.38. The van der Waals surface area contributed by atoms with E-state index >= 15 is 0 Å². The molecule has 2 aromatic heterocycles. The van der Waals surface area contributed by atoms with Crippen molar-refractivity contribution in [2.45, 2.75) is 31.3 Å². The summed E-state index contributed by atoms with van der Waals surface area (Å²) >= 11 is 0. The maximum Gasteiger partial charge on any atom is 0.244 e. The number of likely N-dealkylation sites (tertiary alicyclic amines) is 1. The van der Waals surface area contributed by atoms with Gasteiger partial charge in [0, 0.05) is 37.6 Å². The number of imidazole rings is 1. The molecular weight excluding hydrogens is 350 g/mol. The Hall–Kier alpha value is -2.99. The molecule has 0 unspecified atom stereocenters.